The minimum absolute atomic E-state index is 0. The molecule has 152 valence electrons. The van der Waals surface area contributed by atoms with E-state index in [0.29, 0.717) is 18.6 Å². The van der Waals surface area contributed by atoms with Crippen molar-refractivity contribution in [3.63, 3.8) is 0 Å². The molecule has 0 radical (unpaired) electrons. The number of halogens is 1. The van der Waals surface area contributed by atoms with E-state index in [0.717, 1.165) is 43.4 Å². The van der Waals surface area contributed by atoms with Crippen molar-refractivity contribution in [2.45, 2.75) is 39.2 Å². The molecule has 1 fully saturated rings. The molecule has 1 aliphatic carbocycles. The van der Waals surface area contributed by atoms with Crippen molar-refractivity contribution < 1.29 is 9.47 Å². The number of ether oxygens (including phenoxy) is 2. The second-order valence-electron chi connectivity index (χ2n) is 6.85. The lowest BCUT2D eigenvalue weighted by atomic mass is 9.67. The summed E-state index contributed by atoms with van der Waals surface area (Å²) in [7, 11) is 1.78. The highest BCUT2D eigenvalue weighted by atomic mass is 127. The van der Waals surface area contributed by atoms with Gasteiger partial charge in [0.15, 0.2) is 5.96 Å². The molecule has 0 amide bonds. The number of rotatable bonds is 11. The van der Waals surface area contributed by atoms with Crippen LogP contribution in [0.3, 0.4) is 0 Å². The first-order valence-corrected chi connectivity index (χ1v) is 9.56. The third kappa shape index (κ3) is 7.70. The summed E-state index contributed by atoms with van der Waals surface area (Å²) in [6, 6.07) is 8.02. The van der Waals surface area contributed by atoms with Crippen LogP contribution in [0.5, 0.6) is 5.75 Å². The molecule has 0 atom stereocenters. The predicted octanol–water partition coefficient (Wildman–Crippen LogP) is 4.13. The van der Waals surface area contributed by atoms with Gasteiger partial charge in [-0.15, -0.1) is 24.0 Å². The summed E-state index contributed by atoms with van der Waals surface area (Å²) in [5, 5.41) is 6.87. The van der Waals surface area contributed by atoms with Crippen LogP contribution < -0.4 is 15.4 Å². The Balaban J connectivity index is 0.00000364. The highest BCUT2D eigenvalue weighted by molar-refractivity contribution is 14.0. The molecule has 6 heteroatoms. The molecular formula is C21H34IN3O2. The molecule has 0 bridgehead atoms. The Labute approximate surface area is 181 Å². The number of hydrogen-bond donors (Lipinski definition) is 2. The normalized spacial score (nSPS) is 15.3. The van der Waals surface area contributed by atoms with E-state index in [-0.39, 0.29) is 24.0 Å². The average molecular weight is 487 g/mol. The summed E-state index contributed by atoms with van der Waals surface area (Å²) in [5.41, 5.74) is 1.43. The topological polar surface area (TPSA) is 54.9 Å². The van der Waals surface area contributed by atoms with Crippen LogP contribution in [0, 0.1) is 5.41 Å². The monoisotopic (exact) mass is 487 g/mol. The first-order chi connectivity index (χ1) is 12.7. The largest absolute Gasteiger partial charge is 0.489 e. The Kier molecular flexibility index (Phi) is 11.4. The quantitative estimate of drug-likeness (QED) is 0.213. The number of para-hydroxylation sites is 1. The van der Waals surface area contributed by atoms with Crippen molar-refractivity contribution in [3.8, 4) is 5.75 Å². The van der Waals surface area contributed by atoms with Crippen molar-refractivity contribution in [2.75, 3.05) is 33.4 Å². The molecule has 0 aliphatic heterocycles. The Bertz CT molecular complexity index is 589. The number of guanidine groups is 1. The van der Waals surface area contributed by atoms with E-state index >= 15 is 0 Å². The third-order valence-corrected chi connectivity index (χ3v) is 4.96. The molecule has 1 aromatic carbocycles. The molecular weight excluding hydrogens is 453 g/mol. The van der Waals surface area contributed by atoms with Crippen molar-refractivity contribution in [1.29, 1.82) is 0 Å². The van der Waals surface area contributed by atoms with Crippen LogP contribution in [0.25, 0.3) is 0 Å². The number of hydrogen-bond acceptors (Lipinski definition) is 3. The van der Waals surface area contributed by atoms with Crippen LogP contribution in [-0.4, -0.2) is 39.4 Å². The maximum Gasteiger partial charge on any atom is 0.191 e. The summed E-state index contributed by atoms with van der Waals surface area (Å²) in [6.45, 7) is 9.47. The van der Waals surface area contributed by atoms with Gasteiger partial charge >= 0.3 is 0 Å². The van der Waals surface area contributed by atoms with Gasteiger partial charge < -0.3 is 20.1 Å². The Morgan fingerprint density at radius 2 is 2.07 bits per heavy atom. The fourth-order valence-corrected chi connectivity index (χ4v) is 3.21. The van der Waals surface area contributed by atoms with Gasteiger partial charge in [-0.05, 0) is 37.7 Å². The van der Waals surface area contributed by atoms with Gasteiger partial charge in [0, 0.05) is 32.4 Å². The van der Waals surface area contributed by atoms with Gasteiger partial charge in [-0.25, -0.2) is 4.99 Å². The lowest BCUT2D eigenvalue weighted by molar-refractivity contribution is 0.0732. The zero-order valence-electron chi connectivity index (χ0n) is 16.6. The molecule has 1 aromatic rings. The summed E-state index contributed by atoms with van der Waals surface area (Å²) in [6.07, 6.45) is 6.70. The number of nitrogens with zero attached hydrogens (tertiary/aromatic N) is 1. The summed E-state index contributed by atoms with van der Waals surface area (Å²) < 4.78 is 11.0. The molecule has 1 aliphatic rings. The van der Waals surface area contributed by atoms with Gasteiger partial charge in [0.25, 0.3) is 0 Å². The molecule has 0 aromatic heterocycles. The number of aliphatic imine (C=N–C) groups is 1. The first kappa shape index (κ1) is 23.8. The van der Waals surface area contributed by atoms with Crippen LogP contribution in [-0.2, 0) is 11.3 Å². The highest BCUT2D eigenvalue weighted by Gasteiger charge is 2.36. The maximum absolute atomic E-state index is 5.72. The van der Waals surface area contributed by atoms with Crippen LogP contribution >= 0.6 is 24.0 Å². The van der Waals surface area contributed by atoms with Crippen LogP contribution in [0.2, 0.25) is 0 Å². The van der Waals surface area contributed by atoms with Gasteiger partial charge in [-0.2, -0.15) is 0 Å². The molecule has 2 N–H and O–H groups in total. The molecule has 2 rings (SSSR count). The molecule has 0 unspecified atom stereocenters. The zero-order chi connectivity index (χ0) is 18.7. The zero-order valence-corrected chi connectivity index (χ0v) is 19.0. The van der Waals surface area contributed by atoms with Gasteiger partial charge in [0.2, 0.25) is 0 Å². The SMILES string of the molecule is C=CCOc1ccccc1CN=C(NCC)NCC1(CCOC)CCC1.I. The molecule has 0 saturated heterocycles. The number of benzene rings is 1. The van der Waals surface area contributed by atoms with Crippen molar-refractivity contribution in [2.24, 2.45) is 10.4 Å². The molecule has 27 heavy (non-hydrogen) atoms. The van der Waals surface area contributed by atoms with Crippen LogP contribution in [0.1, 0.15) is 38.2 Å². The van der Waals surface area contributed by atoms with Gasteiger partial charge in [0.05, 0.1) is 6.54 Å². The van der Waals surface area contributed by atoms with Crippen LogP contribution in [0.4, 0.5) is 0 Å². The summed E-state index contributed by atoms with van der Waals surface area (Å²) >= 11 is 0. The fourth-order valence-electron chi connectivity index (χ4n) is 3.21. The minimum Gasteiger partial charge on any atom is -0.489 e. The van der Waals surface area contributed by atoms with Crippen molar-refractivity contribution >= 4 is 29.9 Å². The second-order valence-corrected chi connectivity index (χ2v) is 6.85. The lowest BCUT2D eigenvalue weighted by Gasteiger charge is -2.42. The molecule has 5 nitrogen and oxygen atoms in total. The average Bonchev–Trinajstić information content (AvgIpc) is 2.63. The second kappa shape index (κ2) is 13.0. The Morgan fingerprint density at radius 1 is 1.30 bits per heavy atom. The van der Waals surface area contributed by atoms with E-state index in [9.17, 15) is 0 Å². The van der Waals surface area contributed by atoms with Gasteiger partial charge in [0.1, 0.15) is 12.4 Å². The van der Waals surface area contributed by atoms with E-state index in [4.69, 9.17) is 14.5 Å². The highest BCUT2D eigenvalue weighted by Crippen LogP contribution is 2.43. The Hall–Kier alpha value is -1.28. The van der Waals surface area contributed by atoms with Crippen molar-refractivity contribution in [3.05, 3.63) is 42.5 Å². The Morgan fingerprint density at radius 3 is 2.70 bits per heavy atom. The fraction of sp³-hybridized carbons (Fsp3) is 0.571. The molecule has 1 saturated carbocycles. The smallest absolute Gasteiger partial charge is 0.191 e. The molecule has 0 spiro atoms. The van der Waals surface area contributed by atoms with Gasteiger partial charge in [-0.3, -0.25) is 0 Å². The summed E-state index contributed by atoms with van der Waals surface area (Å²) in [5.74, 6) is 1.72. The van der Waals surface area contributed by atoms with Gasteiger partial charge in [-0.1, -0.05) is 37.3 Å². The van der Waals surface area contributed by atoms with E-state index in [2.05, 4.69) is 30.2 Å². The predicted molar refractivity (Wildman–Crippen MR) is 123 cm³/mol. The maximum atomic E-state index is 5.72. The minimum atomic E-state index is 0. The van der Waals surface area contributed by atoms with E-state index < -0.39 is 0 Å². The van der Waals surface area contributed by atoms with Crippen molar-refractivity contribution in [1.82, 2.24) is 10.6 Å². The third-order valence-electron chi connectivity index (χ3n) is 4.96. The van der Waals surface area contributed by atoms with E-state index in [1.54, 1.807) is 13.2 Å². The standard InChI is InChI=1S/C21H33N3O2.HI/c1-4-14-26-19-10-7-6-9-18(19)16-23-20(22-5-2)24-17-21(11-8-12-21)13-15-25-3;/h4,6-7,9-10H,1,5,8,11-17H2,2-3H3,(H2,22,23,24);1H. The summed E-state index contributed by atoms with van der Waals surface area (Å²) in [4.78, 5) is 4.75. The number of nitrogens with one attached hydrogen (secondary N) is 2. The number of methoxy groups -OCH3 is 1. The van der Waals surface area contributed by atoms with Crippen LogP contribution in [0.15, 0.2) is 41.9 Å². The lowest BCUT2D eigenvalue weighted by Crippen LogP contribution is -2.46. The molecule has 0 heterocycles. The van der Waals surface area contributed by atoms with E-state index in [1.807, 2.05) is 18.2 Å². The first-order valence-electron chi connectivity index (χ1n) is 9.56. The van der Waals surface area contributed by atoms with E-state index in [1.165, 1.54) is 19.3 Å².